The highest BCUT2D eigenvalue weighted by Gasteiger charge is 2.16. The van der Waals surface area contributed by atoms with Gasteiger partial charge < -0.3 is 15.4 Å². The largest absolute Gasteiger partial charge is 0.497 e. The van der Waals surface area contributed by atoms with Crippen LogP contribution in [0, 0.1) is 0 Å². The molecule has 5 nitrogen and oxygen atoms in total. The van der Waals surface area contributed by atoms with Gasteiger partial charge in [0.15, 0.2) is 6.17 Å². The van der Waals surface area contributed by atoms with Gasteiger partial charge in [-0.1, -0.05) is 78.9 Å². The fourth-order valence-corrected chi connectivity index (χ4v) is 4.34. The fourth-order valence-electron chi connectivity index (χ4n) is 4.34. The second-order valence-electron chi connectivity index (χ2n) is 9.21. The fraction of sp³-hybridized carbons (Fsp3) is 0.364. The normalized spacial score (nSPS) is 12.1. The molecule has 0 aliphatic heterocycles. The second-order valence-corrected chi connectivity index (χ2v) is 9.21. The first-order valence-corrected chi connectivity index (χ1v) is 13.7. The molecule has 0 saturated heterocycles. The number of halogens is 1. The Morgan fingerprint density at radius 3 is 1.79 bits per heavy atom. The molecule has 0 bridgehead atoms. The quantitative estimate of drug-likeness (QED) is 0.294. The van der Waals surface area contributed by atoms with Crippen LogP contribution in [0.5, 0.6) is 5.75 Å². The minimum Gasteiger partial charge on any atom is -0.497 e. The van der Waals surface area contributed by atoms with Crippen LogP contribution in [0.4, 0.5) is 4.39 Å². The van der Waals surface area contributed by atoms with Crippen LogP contribution in [0.2, 0.25) is 0 Å². The molecule has 0 fully saturated rings. The van der Waals surface area contributed by atoms with Crippen LogP contribution >= 0.6 is 0 Å². The highest BCUT2D eigenvalue weighted by atomic mass is 19.1. The van der Waals surface area contributed by atoms with Crippen molar-refractivity contribution in [3.05, 3.63) is 108 Å². The molecule has 0 saturated carbocycles. The predicted molar refractivity (Wildman–Crippen MR) is 160 cm³/mol. The van der Waals surface area contributed by atoms with Crippen LogP contribution in [-0.2, 0) is 4.79 Å². The topological polar surface area (TPSA) is 58.8 Å². The molecule has 1 unspecified atom stereocenters. The number of nitrogens with two attached hydrogens (primary N) is 1. The van der Waals surface area contributed by atoms with E-state index in [4.69, 9.17) is 10.5 Å². The van der Waals surface area contributed by atoms with E-state index in [1.807, 2.05) is 26.0 Å². The van der Waals surface area contributed by atoms with E-state index in [9.17, 15) is 9.18 Å². The summed E-state index contributed by atoms with van der Waals surface area (Å²) in [4.78, 5) is 14.7. The minimum absolute atomic E-state index is 0.258. The third kappa shape index (κ3) is 9.97. The van der Waals surface area contributed by atoms with Crippen molar-refractivity contribution < 1.29 is 13.9 Å². The van der Waals surface area contributed by atoms with Gasteiger partial charge in [-0.15, -0.1) is 0 Å². The van der Waals surface area contributed by atoms with Crippen LogP contribution in [0.3, 0.4) is 0 Å². The van der Waals surface area contributed by atoms with Crippen molar-refractivity contribution in [1.29, 1.82) is 0 Å². The zero-order chi connectivity index (χ0) is 28.6. The summed E-state index contributed by atoms with van der Waals surface area (Å²) in [5.41, 5.74) is 10.9. The highest BCUT2D eigenvalue weighted by molar-refractivity contribution is 5.80. The molecule has 2 N–H and O–H groups in total. The number of ether oxygens (including phenoxy) is 1. The van der Waals surface area contributed by atoms with Gasteiger partial charge in [0.1, 0.15) is 5.75 Å². The van der Waals surface area contributed by atoms with Gasteiger partial charge in [0, 0.05) is 38.8 Å². The van der Waals surface area contributed by atoms with Crippen molar-refractivity contribution in [2.45, 2.75) is 39.9 Å². The maximum absolute atomic E-state index is 12.3. The third-order valence-corrected chi connectivity index (χ3v) is 6.68. The summed E-state index contributed by atoms with van der Waals surface area (Å²) in [6.45, 7) is 10.6. The van der Waals surface area contributed by atoms with E-state index in [0.717, 1.165) is 18.8 Å². The molecule has 1 amide bonds. The first-order valence-electron chi connectivity index (χ1n) is 13.7. The number of methoxy groups -OCH3 is 1. The molecule has 39 heavy (non-hydrogen) atoms. The van der Waals surface area contributed by atoms with Crippen molar-refractivity contribution in [3.63, 3.8) is 0 Å². The number of hydrogen-bond acceptors (Lipinski definition) is 4. The molecule has 0 aliphatic carbocycles. The molecule has 0 aliphatic rings. The Labute approximate surface area is 234 Å². The van der Waals surface area contributed by atoms with Crippen LogP contribution < -0.4 is 10.5 Å². The van der Waals surface area contributed by atoms with E-state index in [1.165, 1.54) is 34.1 Å². The van der Waals surface area contributed by atoms with Gasteiger partial charge in [-0.3, -0.25) is 9.69 Å². The molecular weight excluding hydrogens is 489 g/mol. The van der Waals surface area contributed by atoms with E-state index in [-0.39, 0.29) is 6.04 Å². The summed E-state index contributed by atoms with van der Waals surface area (Å²) >= 11 is 0. The molecule has 0 aromatic heterocycles. The molecule has 3 rings (SSSR count). The number of rotatable bonds is 12. The predicted octanol–water partition coefficient (Wildman–Crippen LogP) is 6.36. The molecule has 210 valence electrons. The highest BCUT2D eigenvalue weighted by Crippen LogP contribution is 2.26. The van der Waals surface area contributed by atoms with E-state index >= 15 is 0 Å². The van der Waals surface area contributed by atoms with Crippen LogP contribution in [0.15, 0.2) is 91.0 Å². The number of amides is 1. The summed E-state index contributed by atoms with van der Waals surface area (Å²) < 4.78 is 17.6. The van der Waals surface area contributed by atoms with Crippen molar-refractivity contribution >= 4 is 11.5 Å². The number of alkyl halides is 1. The molecule has 3 aromatic carbocycles. The zero-order valence-corrected chi connectivity index (χ0v) is 24.0. The lowest BCUT2D eigenvalue weighted by atomic mass is 9.97. The molecule has 6 heteroatoms. The Morgan fingerprint density at radius 1 is 0.897 bits per heavy atom. The number of carbonyl (C=O) groups excluding carboxylic acids is 1. The third-order valence-electron chi connectivity index (χ3n) is 6.68. The van der Waals surface area contributed by atoms with E-state index in [0.29, 0.717) is 19.6 Å². The Morgan fingerprint density at radius 2 is 1.41 bits per heavy atom. The maximum Gasteiger partial charge on any atom is 0.256 e. The summed E-state index contributed by atoms with van der Waals surface area (Å²) in [5, 5.41) is 0. The molecule has 0 spiro atoms. The maximum atomic E-state index is 12.3. The van der Waals surface area contributed by atoms with Gasteiger partial charge in [-0.25, -0.2) is 4.39 Å². The van der Waals surface area contributed by atoms with E-state index in [2.05, 4.69) is 90.7 Å². The summed E-state index contributed by atoms with van der Waals surface area (Å²) in [6.07, 6.45) is 0.959. The average Bonchev–Trinajstić information content (AvgIpc) is 2.98. The smallest absolute Gasteiger partial charge is 0.256 e. The van der Waals surface area contributed by atoms with Crippen molar-refractivity contribution in [2.75, 3.05) is 39.8 Å². The second kappa shape index (κ2) is 17.2. The average molecular weight is 534 g/mol. The SMILES string of the molecule is CCN(CC)C(=O)C(C)F.COc1ccc([C@@H](C)N(CC=C(c2ccccc2)c2ccccc2)CCN)cc1. The molecule has 0 heterocycles. The van der Waals surface area contributed by atoms with Crippen LogP contribution in [-0.4, -0.2) is 61.7 Å². The van der Waals surface area contributed by atoms with Gasteiger partial charge in [-0.05, 0) is 62.1 Å². The van der Waals surface area contributed by atoms with Crippen LogP contribution in [0.1, 0.15) is 50.4 Å². The molecule has 2 atom stereocenters. The Balaban J connectivity index is 0.000000455. The van der Waals surface area contributed by atoms with E-state index < -0.39 is 12.1 Å². The Bertz CT molecular complexity index is 1070. The molecular formula is C33H44FN3O2. The number of benzene rings is 3. The van der Waals surface area contributed by atoms with Gasteiger partial charge in [0.25, 0.3) is 5.91 Å². The minimum atomic E-state index is -1.36. The summed E-state index contributed by atoms with van der Waals surface area (Å²) in [7, 11) is 1.69. The Kier molecular flexibility index (Phi) is 14.0. The number of hydrogen-bond donors (Lipinski definition) is 1. The van der Waals surface area contributed by atoms with Gasteiger partial charge >= 0.3 is 0 Å². The van der Waals surface area contributed by atoms with Gasteiger partial charge in [0.2, 0.25) is 0 Å². The molecule has 0 radical (unpaired) electrons. The first kappa shape index (κ1) is 31.7. The van der Waals surface area contributed by atoms with Gasteiger partial charge in [-0.2, -0.15) is 0 Å². The lowest BCUT2D eigenvalue weighted by molar-refractivity contribution is -0.135. The monoisotopic (exact) mass is 533 g/mol. The van der Waals surface area contributed by atoms with Crippen molar-refractivity contribution in [2.24, 2.45) is 5.73 Å². The standard InChI is InChI=1S/C26H30N2O.C7H14FNO/c1-21(22-13-15-25(29-2)16-14-22)28(20-18-27)19-17-26(23-9-5-3-6-10-23)24-11-7-4-8-12-24;1-4-9(5-2)7(10)6(3)8/h3-17,21H,18-20,27H2,1-2H3;6H,4-5H2,1-3H3/t21-;/m1./s1. The molecule has 3 aromatic rings. The summed E-state index contributed by atoms with van der Waals surface area (Å²) in [6, 6.07) is 29.7. The summed E-state index contributed by atoms with van der Waals surface area (Å²) in [5.74, 6) is 0.465. The first-order chi connectivity index (χ1) is 18.9. The Hall–Kier alpha value is -3.48. The van der Waals surface area contributed by atoms with E-state index in [1.54, 1.807) is 7.11 Å². The van der Waals surface area contributed by atoms with Crippen molar-refractivity contribution in [3.8, 4) is 5.75 Å². The number of carbonyl (C=O) groups is 1. The zero-order valence-electron chi connectivity index (χ0n) is 24.0. The number of nitrogens with zero attached hydrogens (tertiary/aromatic N) is 2. The van der Waals surface area contributed by atoms with Crippen molar-refractivity contribution in [1.82, 2.24) is 9.80 Å². The lowest BCUT2D eigenvalue weighted by Crippen LogP contribution is -2.35. The lowest BCUT2D eigenvalue weighted by Gasteiger charge is -2.28. The van der Waals surface area contributed by atoms with Gasteiger partial charge in [0.05, 0.1) is 7.11 Å². The van der Waals surface area contributed by atoms with Crippen LogP contribution in [0.25, 0.3) is 5.57 Å².